The van der Waals surface area contributed by atoms with Crippen molar-refractivity contribution in [3.63, 3.8) is 0 Å². The number of rotatable bonds is 4. The quantitative estimate of drug-likeness (QED) is 0.470. The lowest BCUT2D eigenvalue weighted by atomic mass is 10.1. The highest BCUT2D eigenvalue weighted by Crippen LogP contribution is 2.06. The molecular weight excluding hydrogens is 152 g/mol. The second kappa shape index (κ2) is 5.54. The molecule has 0 saturated heterocycles. The minimum atomic E-state index is -0.204. The predicted molar refractivity (Wildman–Crippen MR) is 40.9 cm³/mol. The van der Waals surface area contributed by atoms with E-state index in [4.69, 9.17) is 11.6 Å². The third-order valence-corrected chi connectivity index (χ3v) is 1.54. The molecule has 0 N–H and O–H groups in total. The molecule has 0 rings (SSSR count). The van der Waals surface area contributed by atoms with Gasteiger partial charge in [0.15, 0.2) is 6.07 Å². The summed E-state index contributed by atoms with van der Waals surface area (Å²) < 4.78 is 4.54. The molecule has 10 heavy (non-hydrogen) atoms. The Balaban J connectivity index is 3.37. The average molecular weight is 165 g/mol. The van der Waals surface area contributed by atoms with Crippen LogP contribution in [0.3, 0.4) is 0 Å². The Morgan fingerprint density at radius 2 is 2.30 bits per heavy atom. The van der Waals surface area contributed by atoms with Crippen molar-refractivity contribution in [3.8, 4) is 0 Å². The van der Waals surface area contributed by atoms with Crippen LogP contribution in [0.1, 0.15) is 26.7 Å². The molecule has 0 aromatic heterocycles. The lowest BCUT2D eigenvalue weighted by Crippen LogP contribution is -2.07. The van der Waals surface area contributed by atoms with Crippen molar-refractivity contribution in [3.05, 3.63) is 0 Å². The molecule has 1 atom stereocenters. The second-order valence-electron chi connectivity index (χ2n) is 2.34. The highest BCUT2D eigenvalue weighted by molar-refractivity contribution is 6.17. The molecule has 0 fully saturated rings. The Morgan fingerprint density at radius 3 is 2.70 bits per heavy atom. The van der Waals surface area contributed by atoms with E-state index < -0.39 is 0 Å². The summed E-state index contributed by atoms with van der Waals surface area (Å²) in [6.07, 6.45) is 1.47. The van der Waals surface area contributed by atoms with Crippen LogP contribution in [0.4, 0.5) is 0 Å². The average Bonchev–Trinajstić information content (AvgIpc) is 1.88. The number of carbonyl (C=O) groups is 1. The minimum Gasteiger partial charge on any atom is -0.449 e. The van der Waals surface area contributed by atoms with Gasteiger partial charge in [-0.2, -0.15) is 0 Å². The third-order valence-electron chi connectivity index (χ3n) is 1.43. The minimum absolute atomic E-state index is 0.0325. The Labute approximate surface area is 66.5 Å². The van der Waals surface area contributed by atoms with Gasteiger partial charge in [0.1, 0.15) is 0 Å². The fourth-order valence-electron chi connectivity index (χ4n) is 0.549. The van der Waals surface area contributed by atoms with Gasteiger partial charge in [-0.05, 0) is 5.92 Å². The van der Waals surface area contributed by atoms with Crippen molar-refractivity contribution >= 4 is 17.6 Å². The molecule has 0 heterocycles. The maximum atomic E-state index is 10.7. The zero-order valence-corrected chi connectivity index (χ0v) is 7.15. The van der Waals surface area contributed by atoms with Crippen LogP contribution in [0, 0.1) is 5.92 Å². The Morgan fingerprint density at radius 1 is 1.70 bits per heavy atom. The summed E-state index contributed by atoms with van der Waals surface area (Å²) in [5.74, 6) is 0.195. The van der Waals surface area contributed by atoms with Crippen molar-refractivity contribution in [2.45, 2.75) is 26.7 Å². The number of hydrogen-bond acceptors (Lipinski definition) is 2. The maximum absolute atomic E-state index is 10.7. The first-order chi connectivity index (χ1) is 4.70. The van der Waals surface area contributed by atoms with Gasteiger partial charge >= 0.3 is 5.97 Å². The first-order valence-electron chi connectivity index (χ1n) is 3.42. The van der Waals surface area contributed by atoms with Crippen LogP contribution < -0.4 is 0 Å². The summed E-state index contributed by atoms with van der Waals surface area (Å²) in [5, 5.41) is 0. The van der Waals surface area contributed by atoms with Gasteiger partial charge in [0.05, 0.1) is 0 Å². The first kappa shape index (κ1) is 9.76. The summed E-state index contributed by atoms with van der Waals surface area (Å²) in [7, 11) is 0. The van der Waals surface area contributed by atoms with Crippen molar-refractivity contribution in [2.24, 2.45) is 5.92 Å². The molecule has 0 aromatic rings. The molecule has 1 unspecified atom stereocenters. The molecule has 0 aliphatic rings. The zero-order chi connectivity index (χ0) is 7.98. The molecular formula is C7H13ClO2. The maximum Gasteiger partial charge on any atom is 0.307 e. The largest absolute Gasteiger partial charge is 0.449 e. The molecule has 0 aliphatic carbocycles. The van der Waals surface area contributed by atoms with E-state index in [0.29, 0.717) is 12.3 Å². The Bertz CT molecular complexity index is 104. The smallest absolute Gasteiger partial charge is 0.307 e. The van der Waals surface area contributed by atoms with Gasteiger partial charge in [0, 0.05) is 6.42 Å². The van der Waals surface area contributed by atoms with Crippen molar-refractivity contribution in [1.82, 2.24) is 0 Å². The molecule has 60 valence electrons. The predicted octanol–water partition coefficient (Wildman–Crippen LogP) is 2.16. The van der Waals surface area contributed by atoms with Crippen molar-refractivity contribution in [1.29, 1.82) is 0 Å². The Hall–Kier alpha value is -0.240. The second-order valence-corrected chi connectivity index (χ2v) is 2.56. The first-order valence-corrected chi connectivity index (χ1v) is 3.95. The molecule has 0 amide bonds. The zero-order valence-electron chi connectivity index (χ0n) is 6.39. The monoisotopic (exact) mass is 164 g/mol. The van der Waals surface area contributed by atoms with Crippen LogP contribution in [-0.4, -0.2) is 12.0 Å². The standard InChI is InChI=1S/C7H13ClO2/c1-3-6(2)4-7(9)10-5-8/h6H,3-5H2,1-2H3. The van der Waals surface area contributed by atoms with E-state index in [1.807, 2.05) is 13.8 Å². The normalized spacial score (nSPS) is 12.7. The van der Waals surface area contributed by atoms with Gasteiger partial charge in [-0.1, -0.05) is 31.9 Å². The van der Waals surface area contributed by atoms with Gasteiger partial charge in [-0.3, -0.25) is 4.79 Å². The molecule has 0 aliphatic heterocycles. The summed E-state index contributed by atoms with van der Waals surface area (Å²) >= 11 is 5.18. The van der Waals surface area contributed by atoms with E-state index in [9.17, 15) is 4.79 Å². The highest BCUT2D eigenvalue weighted by atomic mass is 35.5. The topological polar surface area (TPSA) is 26.3 Å². The van der Waals surface area contributed by atoms with Crippen molar-refractivity contribution < 1.29 is 9.53 Å². The molecule has 2 nitrogen and oxygen atoms in total. The van der Waals surface area contributed by atoms with E-state index in [2.05, 4.69) is 4.74 Å². The third kappa shape index (κ3) is 4.62. The van der Waals surface area contributed by atoms with Gasteiger partial charge in [-0.25, -0.2) is 0 Å². The number of hydrogen-bond donors (Lipinski definition) is 0. The van der Waals surface area contributed by atoms with E-state index in [1.54, 1.807) is 0 Å². The number of ether oxygens (including phenoxy) is 1. The number of carbonyl (C=O) groups excluding carboxylic acids is 1. The summed E-state index contributed by atoms with van der Waals surface area (Å²) in [5.41, 5.74) is 0. The van der Waals surface area contributed by atoms with Gasteiger partial charge in [-0.15, -0.1) is 0 Å². The van der Waals surface area contributed by atoms with E-state index in [0.717, 1.165) is 6.42 Å². The fraction of sp³-hybridized carbons (Fsp3) is 0.857. The molecule has 0 radical (unpaired) electrons. The molecule has 0 saturated carbocycles. The molecule has 0 aromatic carbocycles. The van der Waals surface area contributed by atoms with Gasteiger partial charge < -0.3 is 4.74 Å². The van der Waals surface area contributed by atoms with Crippen molar-refractivity contribution in [2.75, 3.05) is 6.07 Å². The number of alkyl halides is 1. The van der Waals surface area contributed by atoms with Crippen LogP contribution in [0.2, 0.25) is 0 Å². The summed E-state index contributed by atoms with van der Waals surface area (Å²) in [6.45, 7) is 4.05. The van der Waals surface area contributed by atoms with Crippen LogP contribution in [-0.2, 0) is 9.53 Å². The van der Waals surface area contributed by atoms with Crippen LogP contribution >= 0.6 is 11.6 Å². The molecule has 3 heteroatoms. The summed E-state index contributed by atoms with van der Waals surface area (Å²) in [4.78, 5) is 10.7. The van der Waals surface area contributed by atoms with Gasteiger partial charge in [0.2, 0.25) is 0 Å². The number of esters is 1. The van der Waals surface area contributed by atoms with E-state index in [1.165, 1.54) is 0 Å². The van der Waals surface area contributed by atoms with Gasteiger partial charge in [0.25, 0.3) is 0 Å². The van der Waals surface area contributed by atoms with Crippen LogP contribution in [0.5, 0.6) is 0 Å². The Kier molecular flexibility index (Phi) is 5.40. The van der Waals surface area contributed by atoms with E-state index in [-0.39, 0.29) is 12.0 Å². The van der Waals surface area contributed by atoms with E-state index >= 15 is 0 Å². The van der Waals surface area contributed by atoms with Crippen LogP contribution in [0.15, 0.2) is 0 Å². The molecule has 0 spiro atoms. The lowest BCUT2D eigenvalue weighted by molar-refractivity contribution is -0.142. The van der Waals surface area contributed by atoms with Crippen LogP contribution in [0.25, 0.3) is 0 Å². The number of halogens is 1. The SMILES string of the molecule is CCC(C)CC(=O)OCCl. The summed E-state index contributed by atoms with van der Waals surface area (Å²) in [6, 6.07) is -0.0325. The highest BCUT2D eigenvalue weighted by Gasteiger charge is 2.06. The fourth-order valence-corrected chi connectivity index (χ4v) is 0.670. The lowest BCUT2D eigenvalue weighted by Gasteiger charge is -2.05. The molecule has 0 bridgehead atoms.